The van der Waals surface area contributed by atoms with Crippen LogP contribution in [0.2, 0.25) is 0 Å². The van der Waals surface area contributed by atoms with Crippen LogP contribution < -0.4 is 5.32 Å². The van der Waals surface area contributed by atoms with E-state index >= 15 is 0 Å². The molecule has 3 aromatic rings. The zero-order valence-electron chi connectivity index (χ0n) is 25.9. The molecule has 0 fully saturated rings. The number of hydrogen-bond donors (Lipinski definition) is 3. The van der Waals surface area contributed by atoms with E-state index < -0.39 is 0 Å². The van der Waals surface area contributed by atoms with Gasteiger partial charge in [0.05, 0.1) is 17.0 Å². The molecule has 2 aliphatic heterocycles. The average Bonchev–Trinajstić information content (AvgIpc) is 3.63. The molecule has 0 aliphatic carbocycles. The number of fused-ring (bicyclic) bond motifs is 8. The van der Waals surface area contributed by atoms with Gasteiger partial charge in [-0.2, -0.15) is 11.8 Å². The van der Waals surface area contributed by atoms with E-state index in [1.165, 1.54) is 22.3 Å². The van der Waals surface area contributed by atoms with Crippen molar-refractivity contribution >= 4 is 50.9 Å². The van der Waals surface area contributed by atoms with Crippen LogP contribution >= 0.6 is 11.8 Å². The fourth-order valence-electron chi connectivity index (χ4n) is 6.60. The summed E-state index contributed by atoms with van der Waals surface area (Å²) in [5.74, 6) is 1.36. The third-order valence-corrected chi connectivity index (χ3v) is 9.68. The number of aromatic nitrogens is 4. The monoisotopic (exact) mass is 569 g/mol. The van der Waals surface area contributed by atoms with Gasteiger partial charge in [0, 0.05) is 58.1 Å². The minimum Gasteiger partial charge on any atom is -0.355 e. The van der Waals surface area contributed by atoms with E-state index in [4.69, 9.17) is 9.97 Å². The summed E-state index contributed by atoms with van der Waals surface area (Å²) in [6, 6.07) is 6.63. The van der Waals surface area contributed by atoms with Gasteiger partial charge in [-0.05, 0) is 98.4 Å². The smallest absolute Gasteiger partial charge is 0.253 e. The SMILES string of the molecule is CCC[C@@H]1c2nc(cc3[nH]c(cc4[nH]c(cc5nc(c2C)C(C(=O)NC)=C5C)c(CC)c4C)c(CSC)c3C)C1C. The molecule has 2 atom stereocenters. The number of aryl methyl sites for hydroxylation is 3. The Balaban J connectivity index is 2.00. The van der Waals surface area contributed by atoms with Crippen LogP contribution in [0.25, 0.3) is 33.2 Å². The summed E-state index contributed by atoms with van der Waals surface area (Å²) in [6.45, 7) is 15.2. The first-order chi connectivity index (χ1) is 19.6. The van der Waals surface area contributed by atoms with Crippen molar-refractivity contribution in [3.05, 3.63) is 68.8 Å². The van der Waals surface area contributed by atoms with Crippen molar-refractivity contribution in [3.8, 4) is 0 Å². The lowest BCUT2D eigenvalue weighted by Crippen LogP contribution is -2.19. The zero-order chi connectivity index (χ0) is 29.6. The fraction of sp³-hybridized carbons (Fsp3) is 0.441. The molecule has 216 valence electrons. The van der Waals surface area contributed by atoms with E-state index in [9.17, 15) is 4.79 Å². The second-order valence-electron chi connectivity index (χ2n) is 11.5. The molecule has 2 aliphatic rings. The fourth-order valence-corrected chi connectivity index (χ4v) is 7.26. The molecule has 0 saturated carbocycles. The summed E-state index contributed by atoms with van der Waals surface area (Å²) in [4.78, 5) is 31.2. The molecule has 3 N–H and O–H groups in total. The van der Waals surface area contributed by atoms with E-state index in [1.807, 2.05) is 18.7 Å². The van der Waals surface area contributed by atoms with E-state index in [1.54, 1.807) is 7.05 Å². The molecule has 1 unspecified atom stereocenters. The molecule has 5 rings (SSSR count). The first-order valence-electron chi connectivity index (χ1n) is 14.8. The maximum atomic E-state index is 13.3. The number of carbonyl (C=O) groups excluding carboxylic acids is 1. The highest BCUT2D eigenvalue weighted by Gasteiger charge is 2.32. The number of aromatic amines is 2. The first kappa shape index (κ1) is 29.2. The van der Waals surface area contributed by atoms with Crippen molar-refractivity contribution in [2.45, 2.75) is 85.3 Å². The Labute approximate surface area is 247 Å². The van der Waals surface area contributed by atoms with Crippen molar-refractivity contribution in [2.24, 2.45) is 0 Å². The van der Waals surface area contributed by atoms with Gasteiger partial charge >= 0.3 is 0 Å². The van der Waals surface area contributed by atoms with Crippen molar-refractivity contribution < 1.29 is 4.79 Å². The van der Waals surface area contributed by atoms with Crippen LogP contribution in [0.1, 0.15) is 103 Å². The normalized spacial score (nSPS) is 16.9. The maximum absolute atomic E-state index is 13.3. The molecule has 8 bridgehead atoms. The van der Waals surface area contributed by atoms with Crippen molar-refractivity contribution in [2.75, 3.05) is 13.3 Å². The van der Waals surface area contributed by atoms with Gasteiger partial charge in [0.1, 0.15) is 0 Å². The van der Waals surface area contributed by atoms with Gasteiger partial charge in [0.25, 0.3) is 5.91 Å². The minimum absolute atomic E-state index is 0.112. The Hall–Kier alpha value is -3.32. The number of nitrogens with zero attached hydrogens (tertiary/aromatic N) is 2. The Morgan fingerprint density at radius 1 is 0.927 bits per heavy atom. The third-order valence-electron chi connectivity index (χ3n) is 9.10. The van der Waals surface area contributed by atoms with Crippen molar-refractivity contribution in [1.82, 2.24) is 25.3 Å². The van der Waals surface area contributed by atoms with E-state index in [0.717, 1.165) is 81.0 Å². The summed E-state index contributed by atoms with van der Waals surface area (Å²) in [5.41, 5.74) is 15.7. The van der Waals surface area contributed by atoms with Gasteiger partial charge < -0.3 is 15.3 Å². The molecule has 0 saturated heterocycles. The van der Waals surface area contributed by atoms with Crippen LogP contribution in [0.15, 0.2) is 18.2 Å². The number of amides is 1. The second kappa shape index (κ2) is 11.5. The van der Waals surface area contributed by atoms with Crippen molar-refractivity contribution in [1.29, 1.82) is 0 Å². The molecule has 0 radical (unpaired) electrons. The molecule has 7 heteroatoms. The molecule has 3 aromatic heterocycles. The summed E-state index contributed by atoms with van der Waals surface area (Å²) in [6.07, 6.45) is 5.16. The topological polar surface area (TPSA) is 86.5 Å². The van der Waals surface area contributed by atoms with E-state index in [-0.39, 0.29) is 17.7 Å². The van der Waals surface area contributed by atoms with Gasteiger partial charge in [-0.15, -0.1) is 0 Å². The summed E-state index contributed by atoms with van der Waals surface area (Å²) >= 11 is 1.84. The van der Waals surface area contributed by atoms with Gasteiger partial charge in [-0.3, -0.25) is 9.78 Å². The van der Waals surface area contributed by atoms with Gasteiger partial charge in [0.2, 0.25) is 0 Å². The van der Waals surface area contributed by atoms with E-state index in [2.05, 4.69) is 81.3 Å². The molecular weight excluding hydrogens is 526 g/mol. The first-order valence-corrected chi connectivity index (χ1v) is 16.2. The van der Waals surface area contributed by atoms with Gasteiger partial charge in [-0.25, -0.2) is 4.98 Å². The number of nitrogens with one attached hydrogen (secondary N) is 3. The van der Waals surface area contributed by atoms with Crippen molar-refractivity contribution in [3.63, 3.8) is 0 Å². The molecule has 41 heavy (non-hydrogen) atoms. The molecular formula is C34H43N5OS. The highest BCUT2D eigenvalue weighted by Crippen LogP contribution is 2.43. The summed E-state index contributed by atoms with van der Waals surface area (Å²) < 4.78 is 0. The molecule has 6 nitrogen and oxygen atoms in total. The molecule has 1 amide bonds. The number of thioether (sulfide) groups is 1. The van der Waals surface area contributed by atoms with Crippen LogP contribution in [-0.2, 0) is 17.0 Å². The van der Waals surface area contributed by atoms with Gasteiger partial charge in [0.15, 0.2) is 0 Å². The van der Waals surface area contributed by atoms with Crippen LogP contribution in [-0.4, -0.2) is 39.1 Å². The largest absolute Gasteiger partial charge is 0.355 e. The number of hydrogen-bond acceptors (Lipinski definition) is 4. The lowest BCUT2D eigenvalue weighted by atomic mass is 9.85. The number of H-pyrrole nitrogens is 2. The molecule has 5 heterocycles. The quantitative estimate of drug-likeness (QED) is 0.280. The highest BCUT2D eigenvalue weighted by atomic mass is 32.2. The Kier molecular flexibility index (Phi) is 8.20. The number of allylic oxidation sites excluding steroid dienone is 1. The zero-order valence-corrected chi connectivity index (χ0v) is 26.7. The van der Waals surface area contributed by atoms with Crippen LogP contribution in [0.5, 0.6) is 0 Å². The summed E-state index contributed by atoms with van der Waals surface area (Å²) in [7, 11) is 1.69. The standard InChI is InChI=1S/C34H43N5OS/c1-10-12-23-18(4)27-13-25-19(5)24(16-41-9)30(37-25)14-26-17(3)22(11-2)29(36-26)15-28-20(6)31(34(40)35-8)33(39-28)21(7)32(23)38-27/h13-15,18,23,36-37H,10-12,16H2,1-9H3,(H,35,40)/t18?,23-/m0/s1. The number of rotatable bonds is 6. The Morgan fingerprint density at radius 2 is 1.59 bits per heavy atom. The lowest BCUT2D eigenvalue weighted by Gasteiger charge is -2.16. The maximum Gasteiger partial charge on any atom is 0.253 e. The van der Waals surface area contributed by atoms with Crippen LogP contribution in [0, 0.1) is 20.8 Å². The third kappa shape index (κ3) is 4.92. The lowest BCUT2D eigenvalue weighted by molar-refractivity contribution is -0.115. The Morgan fingerprint density at radius 3 is 2.22 bits per heavy atom. The van der Waals surface area contributed by atoms with Crippen LogP contribution in [0.4, 0.5) is 0 Å². The molecule has 0 spiro atoms. The van der Waals surface area contributed by atoms with E-state index in [0.29, 0.717) is 5.57 Å². The highest BCUT2D eigenvalue weighted by molar-refractivity contribution is 7.97. The Bertz CT molecular complexity index is 1720. The average molecular weight is 570 g/mol. The van der Waals surface area contributed by atoms with Crippen LogP contribution in [0.3, 0.4) is 0 Å². The molecule has 0 aromatic carbocycles. The predicted molar refractivity (Wildman–Crippen MR) is 174 cm³/mol. The predicted octanol–water partition coefficient (Wildman–Crippen LogP) is 8.03. The van der Waals surface area contributed by atoms with Gasteiger partial charge in [-0.1, -0.05) is 27.2 Å². The number of likely N-dealkylation sites (N-methyl/N-ethyl adjacent to an activating group) is 1. The minimum atomic E-state index is -0.112. The number of carbonyl (C=O) groups is 1. The second-order valence-corrected chi connectivity index (χ2v) is 12.4. The summed E-state index contributed by atoms with van der Waals surface area (Å²) in [5, 5.41) is 2.86.